The number of ether oxygens (including phenoxy) is 1. The van der Waals surface area contributed by atoms with Crippen LogP contribution in [0.25, 0.3) is 0 Å². The van der Waals surface area contributed by atoms with Gasteiger partial charge in [0.15, 0.2) is 6.10 Å². The standard InChI is InChI=1S/C17H14BrNO2/c1-3-13-5-4-6-15(11-13)19-17(20)12(2)21-16-9-7-14(18)8-10-16/h1,4-12H,2H3,(H,19,20). The summed E-state index contributed by atoms with van der Waals surface area (Å²) in [4.78, 5) is 12.1. The van der Waals surface area contributed by atoms with Crippen molar-refractivity contribution in [2.45, 2.75) is 13.0 Å². The van der Waals surface area contributed by atoms with Crippen LogP contribution in [-0.2, 0) is 4.79 Å². The maximum Gasteiger partial charge on any atom is 0.265 e. The summed E-state index contributed by atoms with van der Waals surface area (Å²) in [7, 11) is 0. The molecule has 1 N–H and O–H groups in total. The summed E-state index contributed by atoms with van der Waals surface area (Å²) in [5, 5.41) is 2.78. The lowest BCUT2D eigenvalue weighted by molar-refractivity contribution is -0.122. The second-order valence-corrected chi connectivity index (χ2v) is 5.34. The third-order valence-electron chi connectivity index (χ3n) is 2.79. The molecular weight excluding hydrogens is 330 g/mol. The molecule has 2 rings (SSSR count). The van der Waals surface area contributed by atoms with Gasteiger partial charge in [0, 0.05) is 15.7 Å². The monoisotopic (exact) mass is 343 g/mol. The lowest BCUT2D eigenvalue weighted by Gasteiger charge is -2.15. The number of halogens is 1. The molecule has 0 saturated heterocycles. The Morgan fingerprint density at radius 3 is 2.67 bits per heavy atom. The van der Waals surface area contributed by atoms with Crippen molar-refractivity contribution in [1.82, 2.24) is 0 Å². The molecule has 1 amide bonds. The number of hydrogen-bond acceptors (Lipinski definition) is 2. The van der Waals surface area contributed by atoms with Crippen LogP contribution in [0.15, 0.2) is 53.0 Å². The number of anilines is 1. The van der Waals surface area contributed by atoms with E-state index in [-0.39, 0.29) is 5.91 Å². The highest BCUT2D eigenvalue weighted by Gasteiger charge is 2.14. The van der Waals surface area contributed by atoms with E-state index in [1.165, 1.54) is 0 Å². The fraction of sp³-hybridized carbons (Fsp3) is 0.118. The normalized spacial score (nSPS) is 11.3. The van der Waals surface area contributed by atoms with Gasteiger partial charge in [-0.25, -0.2) is 0 Å². The maximum absolute atomic E-state index is 12.1. The van der Waals surface area contributed by atoms with Gasteiger partial charge in [-0.3, -0.25) is 4.79 Å². The van der Waals surface area contributed by atoms with Crippen LogP contribution >= 0.6 is 15.9 Å². The van der Waals surface area contributed by atoms with Crippen molar-refractivity contribution in [3.8, 4) is 18.1 Å². The number of rotatable bonds is 4. The number of amides is 1. The van der Waals surface area contributed by atoms with Gasteiger partial charge in [-0.1, -0.05) is 27.9 Å². The van der Waals surface area contributed by atoms with E-state index in [9.17, 15) is 4.79 Å². The number of carbonyl (C=O) groups is 1. The second-order valence-electron chi connectivity index (χ2n) is 4.43. The molecule has 0 aromatic heterocycles. The average Bonchev–Trinajstić information content (AvgIpc) is 2.49. The van der Waals surface area contributed by atoms with Crippen molar-refractivity contribution in [2.24, 2.45) is 0 Å². The van der Waals surface area contributed by atoms with E-state index in [4.69, 9.17) is 11.2 Å². The molecule has 0 bridgehead atoms. The Bertz CT molecular complexity index is 674. The quantitative estimate of drug-likeness (QED) is 0.856. The largest absolute Gasteiger partial charge is 0.481 e. The van der Waals surface area contributed by atoms with Gasteiger partial charge in [0.1, 0.15) is 5.75 Å². The molecule has 1 unspecified atom stereocenters. The third-order valence-corrected chi connectivity index (χ3v) is 3.32. The molecule has 0 aliphatic rings. The zero-order valence-electron chi connectivity index (χ0n) is 11.5. The molecule has 0 fully saturated rings. The smallest absolute Gasteiger partial charge is 0.265 e. The fourth-order valence-corrected chi connectivity index (χ4v) is 1.97. The molecule has 21 heavy (non-hydrogen) atoms. The van der Waals surface area contributed by atoms with E-state index in [1.54, 1.807) is 43.3 Å². The van der Waals surface area contributed by atoms with E-state index in [2.05, 4.69) is 27.2 Å². The van der Waals surface area contributed by atoms with E-state index in [0.717, 1.165) is 4.47 Å². The SMILES string of the molecule is C#Cc1cccc(NC(=O)C(C)Oc2ccc(Br)cc2)c1. The summed E-state index contributed by atoms with van der Waals surface area (Å²) in [5.74, 6) is 2.94. The molecule has 2 aromatic carbocycles. The molecule has 0 saturated carbocycles. The van der Waals surface area contributed by atoms with Crippen molar-refractivity contribution in [3.63, 3.8) is 0 Å². The molecular formula is C17H14BrNO2. The van der Waals surface area contributed by atoms with Crippen molar-refractivity contribution < 1.29 is 9.53 Å². The van der Waals surface area contributed by atoms with Crippen LogP contribution in [-0.4, -0.2) is 12.0 Å². The second kappa shape index (κ2) is 6.96. The number of hydrogen-bond donors (Lipinski definition) is 1. The van der Waals surface area contributed by atoms with Gasteiger partial charge in [0.2, 0.25) is 0 Å². The predicted octanol–water partition coefficient (Wildman–Crippen LogP) is 3.84. The van der Waals surface area contributed by atoms with Crippen molar-refractivity contribution in [1.29, 1.82) is 0 Å². The molecule has 0 aliphatic carbocycles. The number of nitrogens with one attached hydrogen (secondary N) is 1. The highest BCUT2D eigenvalue weighted by atomic mass is 79.9. The van der Waals surface area contributed by atoms with Gasteiger partial charge in [-0.2, -0.15) is 0 Å². The highest BCUT2D eigenvalue weighted by Crippen LogP contribution is 2.18. The van der Waals surface area contributed by atoms with Gasteiger partial charge in [0.05, 0.1) is 0 Å². The molecule has 106 valence electrons. The summed E-state index contributed by atoms with van der Waals surface area (Å²) < 4.78 is 6.54. The fourth-order valence-electron chi connectivity index (χ4n) is 1.70. The summed E-state index contributed by atoms with van der Waals surface area (Å²) in [6.45, 7) is 1.70. The molecule has 4 heteroatoms. The van der Waals surface area contributed by atoms with Gasteiger partial charge in [-0.15, -0.1) is 6.42 Å². The Morgan fingerprint density at radius 1 is 1.29 bits per heavy atom. The molecule has 1 atom stereocenters. The zero-order chi connectivity index (χ0) is 15.2. The zero-order valence-corrected chi connectivity index (χ0v) is 13.1. The first-order chi connectivity index (χ1) is 10.1. The first-order valence-corrected chi connectivity index (χ1v) is 7.17. The molecule has 0 heterocycles. The minimum Gasteiger partial charge on any atom is -0.481 e. The molecule has 2 aromatic rings. The number of benzene rings is 2. The Morgan fingerprint density at radius 2 is 2.00 bits per heavy atom. The Kier molecular flexibility index (Phi) is 5.02. The average molecular weight is 344 g/mol. The molecule has 0 spiro atoms. The van der Waals surface area contributed by atoms with Gasteiger partial charge >= 0.3 is 0 Å². The van der Waals surface area contributed by atoms with E-state index in [0.29, 0.717) is 17.0 Å². The van der Waals surface area contributed by atoms with Gasteiger partial charge < -0.3 is 10.1 Å². The van der Waals surface area contributed by atoms with Crippen LogP contribution in [0, 0.1) is 12.3 Å². The minimum atomic E-state index is -0.610. The lowest BCUT2D eigenvalue weighted by Crippen LogP contribution is -2.30. The summed E-state index contributed by atoms with van der Waals surface area (Å²) in [5.41, 5.74) is 1.37. The van der Waals surface area contributed by atoms with Crippen molar-refractivity contribution in [3.05, 3.63) is 58.6 Å². The van der Waals surface area contributed by atoms with Crippen molar-refractivity contribution in [2.75, 3.05) is 5.32 Å². The highest BCUT2D eigenvalue weighted by molar-refractivity contribution is 9.10. The summed E-state index contributed by atoms with van der Waals surface area (Å²) in [6, 6.07) is 14.4. The first kappa shape index (κ1) is 15.1. The maximum atomic E-state index is 12.1. The van der Waals surface area contributed by atoms with Gasteiger partial charge in [-0.05, 0) is 49.4 Å². The number of carbonyl (C=O) groups excluding carboxylic acids is 1. The molecule has 3 nitrogen and oxygen atoms in total. The van der Waals surface area contributed by atoms with Crippen LogP contribution in [0.2, 0.25) is 0 Å². The van der Waals surface area contributed by atoms with E-state index < -0.39 is 6.10 Å². The van der Waals surface area contributed by atoms with Gasteiger partial charge in [0.25, 0.3) is 5.91 Å². The van der Waals surface area contributed by atoms with Crippen LogP contribution in [0.5, 0.6) is 5.75 Å². The number of terminal acetylenes is 1. The third kappa shape index (κ3) is 4.37. The topological polar surface area (TPSA) is 38.3 Å². The molecule has 0 radical (unpaired) electrons. The minimum absolute atomic E-state index is 0.230. The van der Waals surface area contributed by atoms with Crippen molar-refractivity contribution >= 4 is 27.5 Å². The van der Waals surface area contributed by atoms with Crippen LogP contribution in [0.1, 0.15) is 12.5 Å². The Balaban J connectivity index is 1.99. The van der Waals surface area contributed by atoms with E-state index >= 15 is 0 Å². The summed E-state index contributed by atoms with van der Waals surface area (Å²) in [6.07, 6.45) is 4.72. The van der Waals surface area contributed by atoms with Crippen LogP contribution < -0.4 is 10.1 Å². The first-order valence-electron chi connectivity index (χ1n) is 6.38. The predicted molar refractivity (Wildman–Crippen MR) is 87.2 cm³/mol. The molecule has 0 aliphatic heterocycles. The Labute approximate surface area is 132 Å². The Hall–Kier alpha value is -2.25. The lowest BCUT2D eigenvalue weighted by atomic mass is 10.2. The van der Waals surface area contributed by atoms with E-state index in [1.807, 2.05) is 12.1 Å². The van der Waals surface area contributed by atoms with Crippen LogP contribution in [0.3, 0.4) is 0 Å². The van der Waals surface area contributed by atoms with Crippen LogP contribution in [0.4, 0.5) is 5.69 Å². The summed E-state index contributed by atoms with van der Waals surface area (Å²) >= 11 is 3.35.